The zero-order valence-electron chi connectivity index (χ0n) is 7.47. The van der Waals surface area contributed by atoms with Crippen molar-refractivity contribution in [2.75, 3.05) is 0 Å². The molecule has 0 radical (unpaired) electrons. The fraction of sp³-hybridized carbons (Fsp3) is 0.222. The molecular formula is C9H11NO2. The normalized spacial score (nSPS) is 16.2. The van der Waals surface area contributed by atoms with Gasteiger partial charge in [-0.05, 0) is 12.0 Å². The molecule has 0 saturated carbocycles. The molecule has 2 atom stereocenters. The minimum Gasteiger partial charge on any atom is -0.480 e. The summed E-state index contributed by atoms with van der Waals surface area (Å²) in [5.74, 6) is -1.15. The summed E-state index contributed by atoms with van der Waals surface area (Å²) in [4.78, 5) is 10.5. The molecule has 64 valence electrons. The average Bonchev–Trinajstić information content (AvgIpc) is 2.17. The molecule has 0 aliphatic carbocycles. The Morgan fingerprint density at radius 1 is 1.58 bits per heavy atom. The Balaban J connectivity index is 2.79. The summed E-state index contributed by atoms with van der Waals surface area (Å²) < 4.78 is 7.54. The van der Waals surface area contributed by atoms with Crippen LogP contribution in [0.3, 0.4) is 0 Å². The van der Waals surface area contributed by atoms with E-state index in [-0.39, 0.29) is 0 Å². The maximum Gasteiger partial charge on any atom is 0.320 e. The van der Waals surface area contributed by atoms with Crippen molar-refractivity contribution >= 4 is 5.97 Å². The number of hydrogen-bond donors (Lipinski definition) is 2. The van der Waals surface area contributed by atoms with Crippen LogP contribution in [0.2, 0.25) is 0 Å². The molecule has 3 nitrogen and oxygen atoms in total. The van der Waals surface area contributed by atoms with Gasteiger partial charge in [-0.2, -0.15) is 0 Å². The summed E-state index contributed by atoms with van der Waals surface area (Å²) in [5, 5.41) is 8.57. The summed E-state index contributed by atoms with van der Waals surface area (Å²) in [6.45, 7) is 0. The van der Waals surface area contributed by atoms with Crippen molar-refractivity contribution in [3.05, 3.63) is 35.9 Å². The fourth-order valence-corrected chi connectivity index (χ4v) is 0.843. The number of carboxylic acid groups (broad SMARTS) is 1. The number of aliphatic carboxylic acids is 1. The summed E-state index contributed by atoms with van der Waals surface area (Å²) in [7, 11) is 0. The van der Waals surface area contributed by atoms with Crippen molar-refractivity contribution in [3.63, 3.8) is 0 Å². The van der Waals surface area contributed by atoms with Gasteiger partial charge in [0.25, 0.3) is 0 Å². The van der Waals surface area contributed by atoms with Crippen molar-refractivity contribution in [1.29, 1.82) is 0 Å². The molecule has 0 spiro atoms. The Bertz CT molecular complexity index is 289. The van der Waals surface area contributed by atoms with Gasteiger partial charge in [0.15, 0.2) is 0 Å². The number of carboxylic acids is 1. The number of hydrogen-bond acceptors (Lipinski definition) is 2. The molecule has 3 heteroatoms. The predicted octanol–water partition coefficient (Wildman–Crippen LogP) is 0.641. The zero-order valence-corrected chi connectivity index (χ0v) is 6.47. The van der Waals surface area contributed by atoms with Crippen molar-refractivity contribution in [2.45, 2.75) is 12.4 Å². The van der Waals surface area contributed by atoms with Gasteiger partial charge in [-0.15, -0.1) is 0 Å². The number of nitrogens with two attached hydrogens (primary N) is 1. The average molecular weight is 166 g/mol. The van der Waals surface area contributed by atoms with Crippen LogP contribution in [-0.4, -0.2) is 17.1 Å². The van der Waals surface area contributed by atoms with Crippen LogP contribution in [0, 0.1) is 0 Å². The predicted molar refractivity (Wildman–Crippen MR) is 45.8 cm³/mol. The van der Waals surface area contributed by atoms with E-state index in [9.17, 15) is 4.79 Å². The van der Waals surface area contributed by atoms with Crippen LogP contribution in [0.4, 0.5) is 0 Å². The van der Waals surface area contributed by atoms with Gasteiger partial charge in [0.2, 0.25) is 0 Å². The molecule has 0 amide bonds. The van der Waals surface area contributed by atoms with E-state index in [1.165, 1.54) is 0 Å². The van der Waals surface area contributed by atoms with Crippen LogP contribution in [0.1, 0.15) is 6.93 Å². The summed E-state index contributed by atoms with van der Waals surface area (Å²) in [5.41, 5.74) is 5.93. The van der Waals surface area contributed by atoms with E-state index >= 15 is 0 Å². The standard InChI is InChI=1S/C9H11NO2/c10-8(9(11)12)6-7-4-2-1-3-5-7/h1-5,8H,6,10H2,(H,11,12)/t8-/m1/s1/i6D/t6-,8+/m0. The first-order chi connectivity index (χ1) is 6.13. The molecule has 1 aromatic rings. The van der Waals surface area contributed by atoms with Gasteiger partial charge in [-0.25, -0.2) is 0 Å². The number of carbonyl (C=O) groups is 1. The molecule has 0 aromatic heterocycles. The summed E-state index contributed by atoms with van der Waals surface area (Å²) in [6, 6.07) is 7.54. The molecule has 0 saturated heterocycles. The molecule has 1 aromatic carbocycles. The Labute approximate surface area is 72.2 Å². The molecule has 0 aliphatic heterocycles. The van der Waals surface area contributed by atoms with Crippen LogP contribution >= 0.6 is 0 Å². The van der Waals surface area contributed by atoms with Gasteiger partial charge in [0, 0.05) is 1.37 Å². The van der Waals surface area contributed by atoms with Crippen LogP contribution in [-0.2, 0) is 11.2 Å². The maximum absolute atomic E-state index is 10.5. The van der Waals surface area contributed by atoms with Gasteiger partial charge in [-0.1, -0.05) is 30.3 Å². The van der Waals surface area contributed by atoms with E-state index in [1.807, 2.05) is 6.07 Å². The fourth-order valence-electron chi connectivity index (χ4n) is 0.843. The van der Waals surface area contributed by atoms with Crippen LogP contribution in [0.5, 0.6) is 0 Å². The van der Waals surface area contributed by atoms with E-state index in [2.05, 4.69) is 0 Å². The summed E-state index contributed by atoms with van der Waals surface area (Å²) >= 11 is 0. The van der Waals surface area contributed by atoms with E-state index in [4.69, 9.17) is 12.2 Å². The van der Waals surface area contributed by atoms with Gasteiger partial charge in [-0.3, -0.25) is 4.79 Å². The molecule has 1 rings (SSSR count). The molecule has 0 heterocycles. The minimum atomic E-state index is -1.16. The SMILES string of the molecule is [2H][C@@H](c1ccccc1)[C@@H](N)C(=O)O. The molecule has 0 aliphatic rings. The molecule has 12 heavy (non-hydrogen) atoms. The van der Waals surface area contributed by atoms with E-state index in [1.54, 1.807) is 24.3 Å². The van der Waals surface area contributed by atoms with Gasteiger partial charge >= 0.3 is 5.97 Å². The second-order valence-electron chi connectivity index (χ2n) is 2.44. The van der Waals surface area contributed by atoms with E-state index < -0.39 is 18.4 Å². The van der Waals surface area contributed by atoms with Crippen LogP contribution in [0.25, 0.3) is 0 Å². The molecular weight excluding hydrogens is 154 g/mol. The van der Waals surface area contributed by atoms with Gasteiger partial charge < -0.3 is 10.8 Å². The second-order valence-corrected chi connectivity index (χ2v) is 2.44. The van der Waals surface area contributed by atoms with Gasteiger partial charge in [0.1, 0.15) is 6.04 Å². The lowest BCUT2D eigenvalue weighted by molar-refractivity contribution is -0.138. The first-order valence-electron chi connectivity index (χ1n) is 4.16. The molecule has 0 bridgehead atoms. The van der Waals surface area contributed by atoms with Crippen molar-refractivity contribution in [3.8, 4) is 0 Å². The lowest BCUT2D eigenvalue weighted by Gasteiger charge is -2.04. The first kappa shape index (κ1) is 7.31. The number of benzene rings is 1. The highest BCUT2D eigenvalue weighted by atomic mass is 16.4. The second kappa shape index (κ2) is 3.88. The van der Waals surface area contributed by atoms with Crippen LogP contribution in [0.15, 0.2) is 30.3 Å². The maximum atomic E-state index is 10.5. The number of rotatable bonds is 3. The molecule has 3 N–H and O–H groups in total. The minimum absolute atomic E-state index is 0.623. The largest absolute Gasteiger partial charge is 0.480 e. The van der Waals surface area contributed by atoms with Crippen molar-refractivity contribution < 1.29 is 11.3 Å². The first-order valence-corrected chi connectivity index (χ1v) is 3.58. The zero-order chi connectivity index (χ0) is 9.84. The highest BCUT2D eigenvalue weighted by molar-refractivity contribution is 5.73. The summed E-state index contributed by atoms with van der Waals surface area (Å²) in [6.07, 6.45) is -0.904. The van der Waals surface area contributed by atoms with E-state index in [0.29, 0.717) is 5.56 Å². The monoisotopic (exact) mass is 166 g/mol. The third-order valence-corrected chi connectivity index (χ3v) is 1.46. The Morgan fingerprint density at radius 3 is 2.67 bits per heavy atom. The Hall–Kier alpha value is -1.35. The van der Waals surface area contributed by atoms with Crippen molar-refractivity contribution in [1.82, 2.24) is 0 Å². The molecule has 0 fully saturated rings. The third kappa shape index (κ3) is 2.36. The Kier molecular flexibility index (Phi) is 2.36. The highest BCUT2D eigenvalue weighted by Crippen LogP contribution is 2.01. The Morgan fingerprint density at radius 2 is 2.17 bits per heavy atom. The lowest BCUT2D eigenvalue weighted by atomic mass is 10.1. The molecule has 0 unspecified atom stereocenters. The van der Waals surface area contributed by atoms with Crippen molar-refractivity contribution in [2.24, 2.45) is 5.73 Å². The van der Waals surface area contributed by atoms with Gasteiger partial charge in [0.05, 0.1) is 0 Å². The van der Waals surface area contributed by atoms with Crippen LogP contribution < -0.4 is 5.73 Å². The van der Waals surface area contributed by atoms with E-state index in [0.717, 1.165) is 0 Å². The topological polar surface area (TPSA) is 63.3 Å². The highest BCUT2D eigenvalue weighted by Gasteiger charge is 2.10. The smallest absolute Gasteiger partial charge is 0.320 e. The lowest BCUT2D eigenvalue weighted by Crippen LogP contribution is -2.32. The quantitative estimate of drug-likeness (QED) is 0.692. The third-order valence-electron chi connectivity index (χ3n) is 1.46.